The number of carbonyl (C=O) groups excluding carboxylic acids is 1. The molecular formula is C19H20N6O. The Kier molecular flexibility index (Phi) is 4.43. The van der Waals surface area contributed by atoms with Crippen LogP contribution in [-0.4, -0.2) is 41.9 Å². The number of imidazole rings is 1. The van der Waals surface area contributed by atoms with Gasteiger partial charge in [-0.15, -0.1) is 0 Å². The van der Waals surface area contributed by atoms with Gasteiger partial charge in [-0.2, -0.15) is 0 Å². The maximum atomic E-state index is 12.8. The first-order chi connectivity index (χ1) is 12.7. The molecule has 132 valence electrons. The molecule has 1 atom stereocenters. The van der Waals surface area contributed by atoms with Crippen LogP contribution >= 0.6 is 0 Å². The zero-order chi connectivity index (χ0) is 17.9. The van der Waals surface area contributed by atoms with Gasteiger partial charge in [-0.3, -0.25) is 19.3 Å². The molecule has 1 unspecified atom stereocenters. The van der Waals surface area contributed by atoms with Crippen LogP contribution in [0, 0.1) is 6.92 Å². The summed E-state index contributed by atoms with van der Waals surface area (Å²) in [6, 6.07) is 3.73. The second-order valence-electron chi connectivity index (χ2n) is 6.42. The van der Waals surface area contributed by atoms with E-state index in [1.807, 2.05) is 34.7 Å². The number of pyridine rings is 1. The lowest BCUT2D eigenvalue weighted by Crippen LogP contribution is -2.32. The van der Waals surface area contributed by atoms with Crippen LogP contribution in [-0.2, 0) is 11.2 Å². The number of carbonyl (C=O) groups is 1. The Labute approximate surface area is 151 Å². The molecule has 0 bridgehead atoms. The van der Waals surface area contributed by atoms with Gasteiger partial charge in [0.05, 0.1) is 30.6 Å². The summed E-state index contributed by atoms with van der Waals surface area (Å²) in [4.78, 5) is 32.1. The van der Waals surface area contributed by atoms with Crippen molar-refractivity contribution >= 4 is 5.91 Å². The Morgan fingerprint density at radius 3 is 2.81 bits per heavy atom. The molecule has 7 heteroatoms. The molecule has 0 N–H and O–H groups in total. The van der Waals surface area contributed by atoms with Gasteiger partial charge in [0, 0.05) is 31.3 Å². The van der Waals surface area contributed by atoms with Crippen LogP contribution < -0.4 is 0 Å². The Hall–Kier alpha value is -3.09. The minimum absolute atomic E-state index is 0.0272. The summed E-state index contributed by atoms with van der Waals surface area (Å²) in [5, 5.41) is 0. The van der Waals surface area contributed by atoms with Crippen LogP contribution in [0.3, 0.4) is 0 Å². The van der Waals surface area contributed by atoms with Gasteiger partial charge in [0.15, 0.2) is 5.82 Å². The second kappa shape index (κ2) is 7.03. The highest BCUT2D eigenvalue weighted by atomic mass is 16.2. The van der Waals surface area contributed by atoms with E-state index < -0.39 is 0 Å². The van der Waals surface area contributed by atoms with Crippen molar-refractivity contribution in [2.24, 2.45) is 0 Å². The molecule has 1 aliphatic rings. The van der Waals surface area contributed by atoms with E-state index in [1.165, 1.54) is 0 Å². The summed E-state index contributed by atoms with van der Waals surface area (Å²) in [5.41, 5.74) is 1.81. The van der Waals surface area contributed by atoms with Crippen LogP contribution in [0.5, 0.6) is 0 Å². The molecule has 4 heterocycles. The molecule has 26 heavy (non-hydrogen) atoms. The van der Waals surface area contributed by atoms with E-state index in [1.54, 1.807) is 31.0 Å². The first kappa shape index (κ1) is 16.4. The molecule has 1 fully saturated rings. The standard InChI is InChI=1S/C19H20N6O/c1-14-22-8-10-24(14)18-13-21-12-16(23-18)17-3-2-9-25(17)19(26)11-15-4-6-20-7-5-15/h4-8,10,12-13,17H,2-3,9,11H2,1H3. The lowest BCUT2D eigenvalue weighted by atomic mass is 10.1. The molecular weight excluding hydrogens is 328 g/mol. The predicted octanol–water partition coefficient (Wildman–Crippen LogP) is 2.27. The van der Waals surface area contributed by atoms with Crippen molar-refractivity contribution < 1.29 is 4.79 Å². The molecule has 3 aromatic rings. The van der Waals surface area contributed by atoms with E-state index in [0.29, 0.717) is 6.42 Å². The van der Waals surface area contributed by atoms with E-state index >= 15 is 0 Å². The maximum absolute atomic E-state index is 12.8. The highest BCUT2D eigenvalue weighted by Crippen LogP contribution is 2.31. The first-order valence-corrected chi connectivity index (χ1v) is 8.73. The molecule has 1 saturated heterocycles. The van der Waals surface area contributed by atoms with E-state index in [9.17, 15) is 4.79 Å². The van der Waals surface area contributed by atoms with Crippen molar-refractivity contribution in [3.63, 3.8) is 0 Å². The van der Waals surface area contributed by atoms with Crippen molar-refractivity contribution in [3.8, 4) is 5.82 Å². The summed E-state index contributed by atoms with van der Waals surface area (Å²) < 4.78 is 1.90. The fourth-order valence-electron chi connectivity index (χ4n) is 3.42. The van der Waals surface area contributed by atoms with E-state index in [4.69, 9.17) is 4.98 Å². The number of amides is 1. The monoisotopic (exact) mass is 348 g/mol. The summed E-state index contributed by atoms with van der Waals surface area (Å²) in [7, 11) is 0. The van der Waals surface area contributed by atoms with Crippen molar-refractivity contribution in [1.82, 2.24) is 29.4 Å². The summed E-state index contributed by atoms with van der Waals surface area (Å²) in [5.74, 6) is 1.70. The van der Waals surface area contributed by atoms with Crippen LogP contribution in [0.2, 0.25) is 0 Å². The van der Waals surface area contributed by atoms with Crippen molar-refractivity contribution in [2.75, 3.05) is 6.54 Å². The second-order valence-corrected chi connectivity index (χ2v) is 6.42. The van der Waals surface area contributed by atoms with Crippen LogP contribution in [0.4, 0.5) is 0 Å². The van der Waals surface area contributed by atoms with Gasteiger partial charge >= 0.3 is 0 Å². The zero-order valence-electron chi connectivity index (χ0n) is 14.6. The van der Waals surface area contributed by atoms with Gasteiger partial charge in [0.25, 0.3) is 0 Å². The van der Waals surface area contributed by atoms with Gasteiger partial charge in [-0.1, -0.05) is 0 Å². The van der Waals surface area contributed by atoms with E-state index in [-0.39, 0.29) is 11.9 Å². The SMILES string of the molecule is Cc1nccn1-c1cncc(C2CCCN2C(=O)Cc2ccncc2)n1. The topological polar surface area (TPSA) is 76.8 Å². The fraction of sp³-hybridized carbons (Fsp3) is 0.316. The quantitative estimate of drug-likeness (QED) is 0.723. The predicted molar refractivity (Wildman–Crippen MR) is 95.5 cm³/mol. The van der Waals surface area contributed by atoms with Crippen LogP contribution in [0.15, 0.2) is 49.3 Å². The third kappa shape index (κ3) is 3.20. The zero-order valence-corrected chi connectivity index (χ0v) is 14.6. The van der Waals surface area contributed by atoms with Crippen molar-refractivity contribution in [1.29, 1.82) is 0 Å². The van der Waals surface area contributed by atoms with Gasteiger partial charge in [0.1, 0.15) is 5.82 Å². The lowest BCUT2D eigenvalue weighted by molar-refractivity contribution is -0.131. The molecule has 0 radical (unpaired) electrons. The fourth-order valence-corrected chi connectivity index (χ4v) is 3.42. The molecule has 0 spiro atoms. The summed E-state index contributed by atoms with van der Waals surface area (Å²) >= 11 is 0. The molecule has 4 rings (SSSR count). The van der Waals surface area contributed by atoms with Gasteiger partial charge < -0.3 is 4.90 Å². The van der Waals surface area contributed by atoms with Gasteiger partial charge in [-0.05, 0) is 37.5 Å². The average molecular weight is 348 g/mol. The Balaban J connectivity index is 1.57. The Morgan fingerprint density at radius 2 is 2.04 bits per heavy atom. The Bertz CT molecular complexity index is 907. The molecule has 0 saturated carbocycles. The highest BCUT2D eigenvalue weighted by molar-refractivity contribution is 5.79. The Morgan fingerprint density at radius 1 is 1.19 bits per heavy atom. The minimum atomic E-state index is -0.0272. The molecule has 1 amide bonds. The molecule has 7 nitrogen and oxygen atoms in total. The first-order valence-electron chi connectivity index (χ1n) is 8.73. The number of nitrogens with zero attached hydrogens (tertiary/aromatic N) is 6. The molecule has 0 aliphatic carbocycles. The number of likely N-dealkylation sites (tertiary alicyclic amines) is 1. The average Bonchev–Trinajstić information content (AvgIpc) is 3.32. The minimum Gasteiger partial charge on any atom is -0.334 e. The lowest BCUT2D eigenvalue weighted by Gasteiger charge is -2.24. The highest BCUT2D eigenvalue weighted by Gasteiger charge is 2.31. The van der Waals surface area contributed by atoms with Crippen LogP contribution in [0.25, 0.3) is 5.82 Å². The van der Waals surface area contributed by atoms with Gasteiger partial charge in [-0.25, -0.2) is 9.97 Å². The molecule has 3 aromatic heterocycles. The smallest absolute Gasteiger partial charge is 0.227 e. The molecule has 1 aliphatic heterocycles. The van der Waals surface area contributed by atoms with Crippen molar-refractivity contribution in [3.05, 3.63) is 66.4 Å². The van der Waals surface area contributed by atoms with E-state index in [2.05, 4.69) is 15.0 Å². The third-order valence-electron chi connectivity index (χ3n) is 4.73. The number of aryl methyl sites for hydroxylation is 1. The summed E-state index contributed by atoms with van der Waals surface area (Å²) in [6.45, 7) is 2.68. The number of rotatable bonds is 4. The largest absolute Gasteiger partial charge is 0.334 e. The number of aromatic nitrogens is 5. The summed E-state index contributed by atoms with van der Waals surface area (Å²) in [6.07, 6.45) is 12.8. The molecule has 0 aromatic carbocycles. The van der Waals surface area contributed by atoms with Crippen LogP contribution in [0.1, 0.15) is 36.0 Å². The van der Waals surface area contributed by atoms with Gasteiger partial charge in [0.2, 0.25) is 5.91 Å². The van der Waals surface area contributed by atoms with E-state index in [0.717, 1.165) is 42.3 Å². The third-order valence-corrected chi connectivity index (χ3v) is 4.73. The normalized spacial score (nSPS) is 16.8. The number of hydrogen-bond donors (Lipinski definition) is 0. The number of hydrogen-bond acceptors (Lipinski definition) is 5. The maximum Gasteiger partial charge on any atom is 0.227 e. The van der Waals surface area contributed by atoms with Crippen molar-refractivity contribution in [2.45, 2.75) is 32.2 Å².